The Hall–Kier alpha value is -2.24. The number of hydrogen-bond acceptors (Lipinski definition) is 5. The summed E-state index contributed by atoms with van der Waals surface area (Å²) in [5.74, 6) is 0.329. The monoisotopic (exact) mass is 232 g/mol. The molecule has 0 saturated heterocycles. The zero-order chi connectivity index (χ0) is 12.3. The number of carbonyl (C=O) groups excluding carboxylic acids is 1. The molecule has 2 aromatic rings. The summed E-state index contributed by atoms with van der Waals surface area (Å²) < 4.78 is 6.48. The van der Waals surface area contributed by atoms with E-state index in [0.29, 0.717) is 23.7 Å². The maximum Gasteiger partial charge on any atom is 0.214 e. The van der Waals surface area contributed by atoms with Crippen LogP contribution in [0.25, 0.3) is 0 Å². The van der Waals surface area contributed by atoms with Gasteiger partial charge in [0.2, 0.25) is 11.7 Å². The van der Waals surface area contributed by atoms with Gasteiger partial charge >= 0.3 is 0 Å². The maximum absolute atomic E-state index is 12.1. The Morgan fingerprint density at radius 1 is 1.41 bits per heavy atom. The van der Waals surface area contributed by atoms with Crippen molar-refractivity contribution < 1.29 is 9.53 Å². The highest BCUT2D eigenvalue weighted by molar-refractivity contribution is 6.07. The van der Waals surface area contributed by atoms with Crippen LogP contribution in [0, 0.1) is 0 Å². The predicted octanol–water partition coefficient (Wildman–Crippen LogP) is 0.933. The molecule has 0 aliphatic carbocycles. The number of pyridine rings is 1. The number of ketones is 1. The van der Waals surface area contributed by atoms with Crippen LogP contribution in [-0.2, 0) is 6.54 Å². The molecule has 0 fully saturated rings. The number of hydrogen-bond donors (Lipinski definition) is 0. The van der Waals surface area contributed by atoms with Gasteiger partial charge in [-0.05, 0) is 13.0 Å². The van der Waals surface area contributed by atoms with E-state index in [-0.39, 0.29) is 5.78 Å². The van der Waals surface area contributed by atoms with Gasteiger partial charge in [-0.1, -0.05) is 5.21 Å². The van der Waals surface area contributed by atoms with Gasteiger partial charge in [0, 0.05) is 24.4 Å². The minimum Gasteiger partial charge on any atom is -0.481 e. The van der Waals surface area contributed by atoms with Gasteiger partial charge in [-0.3, -0.25) is 4.79 Å². The molecule has 88 valence electrons. The average Bonchev–Trinajstić information content (AvgIpc) is 2.86. The fraction of sp³-hybridized carbons (Fsp3) is 0.273. The van der Waals surface area contributed by atoms with Crippen molar-refractivity contribution in [1.29, 1.82) is 0 Å². The number of rotatable bonds is 4. The van der Waals surface area contributed by atoms with Crippen LogP contribution in [0.3, 0.4) is 0 Å². The van der Waals surface area contributed by atoms with E-state index in [2.05, 4.69) is 15.3 Å². The molecule has 17 heavy (non-hydrogen) atoms. The molecule has 2 rings (SSSR count). The number of aromatic nitrogens is 4. The zero-order valence-electron chi connectivity index (χ0n) is 9.62. The second-order valence-corrected chi connectivity index (χ2v) is 3.35. The quantitative estimate of drug-likeness (QED) is 0.733. The second kappa shape index (κ2) is 4.73. The molecule has 0 atom stereocenters. The number of carbonyl (C=O) groups is 1. The van der Waals surface area contributed by atoms with Gasteiger partial charge in [-0.25, -0.2) is 9.67 Å². The molecule has 2 aromatic heterocycles. The third-order valence-corrected chi connectivity index (χ3v) is 2.36. The largest absolute Gasteiger partial charge is 0.481 e. The highest BCUT2D eigenvalue weighted by Gasteiger charge is 2.14. The van der Waals surface area contributed by atoms with Crippen LogP contribution < -0.4 is 4.74 Å². The highest BCUT2D eigenvalue weighted by atomic mass is 16.5. The van der Waals surface area contributed by atoms with Gasteiger partial charge in [0.25, 0.3) is 0 Å². The first-order valence-electron chi connectivity index (χ1n) is 5.19. The number of nitrogens with zero attached hydrogens (tertiary/aromatic N) is 4. The van der Waals surface area contributed by atoms with Gasteiger partial charge in [0.15, 0.2) is 0 Å². The summed E-state index contributed by atoms with van der Waals surface area (Å²) in [6.07, 6.45) is 2.93. The van der Waals surface area contributed by atoms with Crippen molar-refractivity contribution in [3.63, 3.8) is 0 Å². The van der Waals surface area contributed by atoms with E-state index in [1.54, 1.807) is 16.8 Å². The Bertz CT molecular complexity index is 519. The van der Waals surface area contributed by atoms with Crippen molar-refractivity contribution in [1.82, 2.24) is 20.0 Å². The Morgan fingerprint density at radius 3 is 2.82 bits per heavy atom. The van der Waals surface area contributed by atoms with Crippen molar-refractivity contribution in [2.75, 3.05) is 7.11 Å². The standard InChI is InChI=1S/C11H12N4O2/c1-3-15-9(7-13-14-15)11(16)8-4-5-10(17-2)12-6-8/h4-7H,3H2,1-2H3. The van der Waals surface area contributed by atoms with Crippen molar-refractivity contribution in [2.45, 2.75) is 13.5 Å². The van der Waals surface area contributed by atoms with Crippen molar-refractivity contribution >= 4 is 5.78 Å². The van der Waals surface area contributed by atoms with Crippen LogP contribution in [0.15, 0.2) is 24.5 Å². The normalized spacial score (nSPS) is 10.2. The van der Waals surface area contributed by atoms with Gasteiger partial charge in [0.05, 0.1) is 13.3 Å². The molecule has 0 radical (unpaired) electrons. The third kappa shape index (κ3) is 2.15. The molecular weight excluding hydrogens is 220 g/mol. The van der Waals surface area contributed by atoms with Crippen LogP contribution in [0.1, 0.15) is 23.0 Å². The summed E-state index contributed by atoms with van der Waals surface area (Å²) in [6.45, 7) is 2.50. The molecule has 0 unspecified atom stereocenters. The number of methoxy groups -OCH3 is 1. The SMILES string of the molecule is CCn1nncc1C(=O)c1ccc(OC)nc1. The Labute approximate surface area is 98.2 Å². The van der Waals surface area contributed by atoms with Crippen LogP contribution in [0.2, 0.25) is 0 Å². The third-order valence-electron chi connectivity index (χ3n) is 2.36. The number of ether oxygens (including phenoxy) is 1. The average molecular weight is 232 g/mol. The summed E-state index contributed by atoms with van der Waals surface area (Å²) in [5, 5.41) is 7.54. The molecule has 0 bridgehead atoms. The Morgan fingerprint density at radius 2 is 2.24 bits per heavy atom. The summed E-state index contributed by atoms with van der Waals surface area (Å²) >= 11 is 0. The minimum atomic E-state index is -0.146. The van der Waals surface area contributed by atoms with E-state index < -0.39 is 0 Å². The van der Waals surface area contributed by atoms with Crippen molar-refractivity contribution in [3.05, 3.63) is 35.8 Å². The van der Waals surface area contributed by atoms with Gasteiger partial charge in [-0.2, -0.15) is 0 Å². The van der Waals surface area contributed by atoms with Crippen molar-refractivity contribution in [3.8, 4) is 5.88 Å². The van der Waals surface area contributed by atoms with Crippen LogP contribution in [0.5, 0.6) is 5.88 Å². The first-order valence-corrected chi connectivity index (χ1v) is 5.19. The molecule has 0 saturated carbocycles. The van der Waals surface area contributed by atoms with Gasteiger partial charge in [-0.15, -0.1) is 5.10 Å². The van der Waals surface area contributed by atoms with Gasteiger partial charge < -0.3 is 4.74 Å². The van der Waals surface area contributed by atoms with E-state index in [1.165, 1.54) is 19.5 Å². The predicted molar refractivity (Wildman–Crippen MR) is 59.9 cm³/mol. The smallest absolute Gasteiger partial charge is 0.214 e. The van der Waals surface area contributed by atoms with E-state index in [4.69, 9.17) is 4.74 Å². The molecule has 0 spiro atoms. The molecule has 6 heteroatoms. The van der Waals surface area contributed by atoms with Gasteiger partial charge in [0.1, 0.15) is 5.69 Å². The molecule has 0 aliphatic rings. The summed E-state index contributed by atoms with van der Waals surface area (Å²) in [6, 6.07) is 3.31. The number of aryl methyl sites for hydroxylation is 1. The fourth-order valence-electron chi connectivity index (χ4n) is 1.45. The van der Waals surface area contributed by atoms with E-state index in [1.807, 2.05) is 6.92 Å². The van der Waals surface area contributed by atoms with E-state index >= 15 is 0 Å². The van der Waals surface area contributed by atoms with Crippen LogP contribution in [-0.4, -0.2) is 32.9 Å². The lowest BCUT2D eigenvalue weighted by molar-refractivity contribution is 0.102. The maximum atomic E-state index is 12.1. The topological polar surface area (TPSA) is 69.9 Å². The van der Waals surface area contributed by atoms with Crippen LogP contribution >= 0.6 is 0 Å². The molecule has 0 N–H and O–H groups in total. The molecule has 6 nitrogen and oxygen atoms in total. The molecule has 2 heterocycles. The summed E-state index contributed by atoms with van der Waals surface area (Å²) in [7, 11) is 1.53. The first kappa shape index (κ1) is 11.3. The summed E-state index contributed by atoms with van der Waals surface area (Å²) in [4.78, 5) is 16.1. The lowest BCUT2D eigenvalue weighted by Gasteiger charge is -2.03. The second-order valence-electron chi connectivity index (χ2n) is 3.35. The van der Waals surface area contributed by atoms with Crippen LogP contribution in [0.4, 0.5) is 0 Å². The molecule has 0 aliphatic heterocycles. The molecule has 0 aromatic carbocycles. The lowest BCUT2D eigenvalue weighted by atomic mass is 10.1. The fourth-order valence-corrected chi connectivity index (χ4v) is 1.45. The van der Waals surface area contributed by atoms with Crippen molar-refractivity contribution in [2.24, 2.45) is 0 Å². The van der Waals surface area contributed by atoms with E-state index in [9.17, 15) is 4.79 Å². The Kier molecular flexibility index (Phi) is 3.13. The van der Waals surface area contributed by atoms with E-state index in [0.717, 1.165) is 0 Å². The first-order chi connectivity index (χ1) is 8.26. The Balaban J connectivity index is 2.30. The lowest BCUT2D eigenvalue weighted by Crippen LogP contribution is -2.10. The minimum absolute atomic E-state index is 0.146. The highest BCUT2D eigenvalue weighted by Crippen LogP contribution is 2.11. The molecule has 0 amide bonds. The zero-order valence-corrected chi connectivity index (χ0v) is 9.62. The summed E-state index contributed by atoms with van der Waals surface area (Å²) in [5.41, 5.74) is 0.947. The molecular formula is C11H12N4O2.